The van der Waals surface area contributed by atoms with Crippen LogP contribution >= 0.6 is 0 Å². The van der Waals surface area contributed by atoms with Crippen LogP contribution < -0.4 is 9.47 Å². The van der Waals surface area contributed by atoms with Gasteiger partial charge in [-0.15, -0.1) is 0 Å². The highest BCUT2D eigenvalue weighted by atomic mass is 16.7. The number of rotatable bonds is 2. The summed E-state index contributed by atoms with van der Waals surface area (Å²) in [5.74, 6) is 2.09. The lowest BCUT2D eigenvalue weighted by Gasteiger charge is -2.11. The fourth-order valence-corrected chi connectivity index (χ4v) is 1.47. The summed E-state index contributed by atoms with van der Waals surface area (Å²) < 4.78 is 15.3. The van der Waals surface area contributed by atoms with Crippen molar-refractivity contribution in [2.24, 2.45) is 5.92 Å². The van der Waals surface area contributed by atoms with Gasteiger partial charge in [-0.1, -0.05) is 13.8 Å². The molecule has 17 heavy (non-hydrogen) atoms. The van der Waals surface area contributed by atoms with Crippen molar-refractivity contribution in [3.8, 4) is 17.2 Å². The first kappa shape index (κ1) is 13.6. The Morgan fingerprint density at radius 1 is 1.24 bits per heavy atom. The highest BCUT2D eigenvalue weighted by Crippen LogP contribution is 2.38. The van der Waals surface area contributed by atoms with Gasteiger partial charge in [0.1, 0.15) is 5.75 Å². The van der Waals surface area contributed by atoms with Gasteiger partial charge in [0.15, 0.2) is 11.5 Å². The molecule has 1 aliphatic heterocycles. The predicted molar refractivity (Wildman–Crippen MR) is 65.5 cm³/mol. The average Bonchev–Trinajstić information content (AvgIpc) is 2.59. The number of hydrogen-bond acceptors (Lipinski definition) is 4. The lowest BCUT2D eigenvalue weighted by molar-refractivity contribution is 0.0311. The lowest BCUT2D eigenvalue weighted by atomic mass is 10.1. The summed E-state index contributed by atoms with van der Waals surface area (Å²) in [4.78, 5) is 0. The lowest BCUT2D eigenvalue weighted by Crippen LogP contribution is -2.19. The molecule has 0 saturated heterocycles. The largest absolute Gasteiger partial charge is 0.508 e. The number of fused-ring (bicyclic) bond motifs is 1. The summed E-state index contributed by atoms with van der Waals surface area (Å²) in [6, 6.07) is 4.90. The predicted octanol–water partition coefficient (Wildman–Crippen LogP) is 2.80. The monoisotopic (exact) mass is 240 g/mol. The molecule has 0 fully saturated rings. The molecule has 0 bridgehead atoms. The van der Waals surface area contributed by atoms with E-state index in [1.165, 1.54) is 0 Å². The summed E-state index contributed by atoms with van der Waals surface area (Å²) in [6.07, 6.45) is 0.655. The van der Waals surface area contributed by atoms with Crippen LogP contribution in [-0.2, 0) is 4.74 Å². The average molecular weight is 240 g/mol. The minimum Gasteiger partial charge on any atom is -0.508 e. The van der Waals surface area contributed by atoms with Gasteiger partial charge in [0.2, 0.25) is 6.29 Å². The zero-order valence-corrected chi connectivity index (χ0v) is 10.8. The van der Waals surface area contributed by atoms with Gasteiger partial charge >= 0.3 is 0 Å². The first-order valence-corrected chi connectivity index (χ1v) is 5.63. The molecule has 1 N–H and O–H groups in total. The van der Waals surface area contributed by atoms with Crippen molar-refractivity contribution in [1.29, 1.82) is 0 Å². The number of ether oxygens (including phenoxy) is 3. The van der Waals surface area contributed by atoms with Gasteiger partial charge in [0.05, 0.1) is 0 Å². The molecule has 1 heterocycles. The minimum absolute atomic E-state index is 0.202. The van der Waals surface area contributed by atoms with E-state index in [0.717, 1.165) is 6.42 Å². The van der Waals surface area contributed by atoms with Crippen molar-refractivity contribution >= 4 is 0 Å². The van der Waals surface area contributed by atoms with Gasteiger partial charge in [0.25, 0.3) is 0 Å². The molecule has 1 atom stereocenters. The zero-order chi connectivity index (χ0) is 12.8. The zero-order valence-electron chi connectivity index (χ0n) is 10.8. The molecule has 0 radical (unpaired) electrons. The maximum atomic E-state index is 9.23. The van der Waals surface area contributed by atoms with Crippen LogP contribution in [0.3, 0.4) is 0 Å². The second-order valence-corrected chi connectivity index (χ2v) is 4.33. The van der Waals surface area contributed by atoms with E-state index in [2.05, 4.69) is 18.6 Å². The van der Waals surface area contributed by atoms with Crippen molar-refractivity contribution < 1.29 is 19.3 Å². The molecule has 1 aromatic rings. The van der Waals surface area contributed by atoms with Crippen LogP contribution in [0.4, 0.5) is 0 Å². The van der Waals surface area contributed by atoms with Crippen LogP contribution in [-0.4, -0.2) is 25.6 Å². The molecular weight excluding hydrogens is 220 g/mol. The van der Waals surface area contributed by atoms with Crippen molar-refractivity contribution in [2.75, 3.05) is 14.2 Å². The van der Waals surface area contributed by atoms with Crippen LogP contribution in [0.2, 0.25) is 0 Å². The number of methoxy groups -OCH3 is 1. The topological polar surface area (TPSA) is 47.9 Å². The summed E-state index contributed by atoms with van der Waals surface area (Å²) in [5.41, 5.74) is 0. The third kappa shape index (κ3) is 4.15. The third-order valence-corrected chi connectivity index (χ3v) is 2.11. The Bertz CT molecular complexity index is 349. The molecule has 0 saturated carbocycles. The Balaban J connectivity index is 0.000000437. The maximum absolute atomic E-state index is 9.23. The van der Waals surface area contributed by atoms with E-state index in [-0.39, 0.29) is 12.0 Å². The molecule has 0 aromatic heterocycles. The molecule has 1 aromatic carbocycles. The maximum Gasteiger partial charge on any atom is 0.241 e. The number of phenols is 1. The van der Waals surface area contributed by atoms with Gasteiger partial charge in [-0.25, -0.2) is 0 Å². The van der Waals surface area contributed by atoms with Crippen LogP contribution in [0, 0.1) is 5.92 Å². The van der Waals surface area contributed by atoms with Gasteiger partial charge in [-0.2, -0.15) is 0 Å². The standard InChI is InChI=1S/C11H14O3.C2H6O/c1-7(2)5-11-13-9-4-3-8(12)6-10(9)14-11;1-3-2/h3-4,6-7,11-12H,5H2,1-2H3;1-2H3. The van der Waals surface area contributed by atoms with E-state index >= 15 is 0 Å². The molecule has 0 spiro atoms. The van der Waals surface area contributed by atoms with Crippen LogP contribution in [0.25, 0.3) is 0 Å². The highest BCUT2D eigenvalue weighted by molar-refractivity contribution is 5.46. The molecule has 96 valence electrons. The molecule has 4 heteroatoms. The smallest absolute Gasteiger partial charge is 0.241 e. The van der Waals surface area contributed by atoms with Crippen LogP contribution in [0.5, 0.6) is 17.2 Å². The second kappa shape index (κ2) is 6.35. The summed E-state index contributed by atoms with van der Waals surface area (Å²) in [7, 11) is 3.25. The Labute approximate surface area is 102 Å². The van der Waals surface area contributed by atoms with Gasteiger partial charge < -0.3 is 19.3 Å². The van der Waals surface area contributed by atoms with Crippen LogP contribution in [0.15, 0.2) is 18.2 Å². The molecular formula is C13H20O4. The minimum atomic E-state index is -0.202. The number of aromatic hydroxyl groups is 1. The summed E-state index contributed by atoms with van der Waals surface area (Å²) >= 11 is 0. The van der Waals surface area contributed by atoms with Crippen molar-refractivity contribution in [1.82, 2.24) is 0 Å². The van der Waals surface area contributed by atoms with E-state index < -0.39 is 0 Å². The SMILES string of the molecule is CC(C)CC1Oc2ccc(O)cc2O1.COC. The second-order valence-electron chi connectivity index (χ2n) is 4.33. The summed E-state index contributed by atoms with van der Waals surface area (Å²) in [6.45, 7) is 4.24. The Kier molecular flexibility index (Phi) is 5.10. The van der Waals surface area contributed by atoms with E-state index in [1.807, 2.05) is 0 Å². The van der Waals surface area contributed by atoms with E-state index in [9.17, 15) is 5.11 Å². The first-order chi connectivity index (χ1) is 8.06. The van der Waals surface area contributed by atoms with Crippen LogP contribution in [0.1, 0.15) is 20.3 Å². The fourth-order valence-electron chi connectivity index (χ4n) is 1.47. The molecule has 1 aliphatic rings. The van der Waals surface area contributed by atoms with Crippen molar-refractivity contribution in [3.05, 3.63) is 18.2 Å². The number of hydrogen-bond donors (Lipinski definition) is 1. The molecule has 0 aliphatic carbocycles. The third-order valence-electron chi connectivity index (χ3n) is 2.11. The molecule has 1 unspecified atom stereocenters. The Hall–Kier alpha value is -1.42. The Morgan fingerprint density at radius 3 is 2.41 bits per heavy atom. The van der Waals surface area contributed by atoms with Gasteiger partial charge in [-0.05, 0) is 18.1 Å². The molecule has 0 amide bonds. The normalized spacial score (nSPS) is 16.6. The van der Waals surface area contributed by atoms with Crippen molar-refractivity contribution in [3.63, 3.8) is 0 Å². The first-order valence-electron chi connectivity index (χ1n) is 5.63. The van der Waals surface area contributed by atoms with Gasteiger partial charge in [-0.3, -0.25) is 0 Å². The van der Waals surface area contributed by atoms with Gasteiger partial charge in [0, 0.05) is 26.7 Å². The molecule has 2 rings (SSSR count). The number of phenolic OH excluding ortho intramolecular Hbond substituents is 1. The van der Waals surface area contributed by atoms with E-state index in [1.54, 1.807) is 32.4 Å². The molecule has 4 nitrogen and oxygen atoms in total. The quantitative estimate of drug-likeness (QED) is 0.863. The highest BCUT2D eigenvalue weighted by Gasteiger charge is 2.24. The Morgan fingerprint density at radius 2 is 1.82 bits per heavy atom. The van der Waals surface area contributed by atoms with Crippen molar-refractivity contribution in [2.45, 2.75) is 26.6 Å². The van der Waals surface area contributed by atoms with E-state index in [4.69, 9.17) is 9.47 Å². The fraction of sp³-hybridized carbons (Fsp3) is 0.538. The number of benzene rings is 1. The van der Waals surface area contributed by atoms with E-state index in [0.29, 0.717) is 17.4 Å². The summed E-state index contributed by atoms with van der Waals surface area (Å²) in [5, 5.41) is 9.23.